The van der Waals surface area contributed by atoms with Gasteiger partial charge in [-0.2, -0.15) is 0 Å². The van der Waals surface area contributed by atoms with Crippen LogP contribution in [0.15, 0.2) is 0 Å². The number of methoxy groups -OCH3 is 1. The van der Waals surface area contributed by atoms with E-state index < -0.39 is 0 Å². The van der Waals surface area contributed by atoms with Crippen LogP contribution in [0.5, 0.6) is 0 Å². The first-order chi connectivity index (χ1) is 5.77. The van der Waals surface area contributed by atoms with Gasteiger partial charge in [0.25, 0.3) is 0 Å². The summed E-state index contributed by atoms with van der Waals surface area (Å²) in [5.41, 5.74) is 0. The molecule has 0 aromatic carbocycles. The van der Waals surface area contributed by atoms with Gasteiger partial charge in [-0.05, 0) is 13.5 Å². The number of likely N-dealkylation sites (N-methyl/N-ethyl adjacent to an activating group) is 1. The van der Waals surface area contributed by atoms with E-state index >= 15 is 0 Å². The van der Waals surface area contributed by atoms with Crippen LogP contribution in [0.4, 0.5) is 0 Å². The molecule has 1 heterocycles. The molecule has 0 amide bonds. The zero-order valence-electron chi connectivity index (χ0n) is 8.42. The lowest BCUT2D eigenvalue weighted by atomic mass is 10.3. The van der Waals surface area contributed by atoms with E-state index in [0.29, 0.717) is 0 Å². The summed E-state index contributed by atoms with van der Waals surface area (Å²) in [6.45, 7) is 10.2. The van der Waals surface area contributed by atoms with Crippen LogP contribution in [0.25, 0.3) is 0 Å². The molecule has 1 fully saturated rings. The smallest absolute Gasteiger partial charge is 0.107 e. The van der Waals surface area contributed by atoms with Crippen molar-refractivity contribution in [1.29, 1.82) is 0 Å². The first kappa shape index (κ1) is 9.96. The highest BCUT2D eigenvalue weighted by Gasteiger charge is 2.19. The highest BCUT2D eigenvalue weighted by atomic mass is 16.5. The van der Waals surface area contributed by atoms with Gasteiger partial charge in [-0.3, -0.25) is 4.90 Å². The molecule has 0 bridgehead atoms. The Hall–Kier alpha value is -0.120. The summed E-state index contributed by atoms with van der Waals surface area (Å²) in [6.07, 6.45) is 0.281. The molecule has 1 saturated heterocycles. The van der Waals surface area contributed by atoms with Gasteiger partial charge < -0.3 is 9.64 Å². The van der Waals surface area contributed by atoms with Gasteiger partial charge in [-0.1, -0.05) is 6.92 Å². The highest BCUT2D eigenvalue weighted by molar-refractivity contribution is 4.71. The molecule has 0 spiro atoms. The number of rotatable bonds is 3. The van der Waals surface area contributed by atoms with Crippen LogP contribution >= 0.6 is 0 Å². The average Bonchev–Trinajstić information content (AvgIpc) is 2.17. The Labute approximate surface area is 75.3 Å². The zero-order chi connectivity index (χ0) is 8.97. The topological polar surface area (TPSA) is 15.7 Å². The molecule has 0 N–H and O–H groups in total. The summed E-state index contributed by atoms with van der Waals surface area (Å²) < 4.78 is 5.27. The molecule has 0 aromatic heterocycles. The second kappa shape index (κ2) is 4.80. The van der Waals surface area contributed by atoms with Gasteiger partial charge in [-0.25, -0.2) is 0 Å². The van der Waals surface area contributed by atoms with E-state index in [1.165, 1.54) is 19.6 Å². The Balaban J connectivity index is 2.25. The Morgan fingerprint density at radius 3 is 2.25 bits per heavy atom. The van der Waals surface area contributed by atoms with Crippen molar-refractivity contribution in [2.45, 2.75) is 20.1 Å². The lowest BCUT2D eigenvalue weighted by Gasteiger charge is -2.36. The third kappa shape index (κ3) is 2.44. The van der Waals surface area contributed by atoms with E-state index in [2.05, 4.69) is 23.6 Å². The fourth-order valence-electron chi connectivity index (χ4n) is 1.59. The fraction of sp³-hybridized carbons (Fsp3) is 1.00. The largest absolute Gasteiger partial charge is 0.367 e. The maximum Gasteiger partial charge on any atom is 0.107 e. The third-order valence-electron chi connectivity index (χ3n) is 2.71. The van der Waals surface area contributed by atoms with E-state index in [1.807, 2.05) is 0 Å². The van der Waals surface area contributed by atoms with Crippen LogP contribution in [0.3, 0.4) is 0 Å². The first-order valence-corrected chi connectivity index (χ1v) is 4.77. The Kier molecular flexibility index (Phi) is 3.98. The average molecular weight is 172 g/mol. The van der Waals surface area contributed by atoms with Crippen molar-refractivity contribution in [2.24, 2.45) is 0 Å². The van der Waals surface area contributed by atoms with Crippen LogP contribution in [-0.4, -0.2) is 55.9 Å². The standard InChI is InChI=1S/C9H20N2O/c1-4-10-5-7-11(8-6-10)9(2)12-3/h9H,4-8H2,1-3H3. The van der Waals surface area contributed by atoms with Gasteiger partial charge >= 0.3 is 0 Å². The van der Waals surface area contributed by atoms with Crippen molar-refractivity contribution < 1.29 is 4.74 Å². The van der Waals surface area contributed by atoms with Gasteiger partial charge in [0.05, 0.1) is 0 Å². The van der Waals surface area contributed by atoms with E-state index in [4.69, 9.17) is 4.74 Å². The van der Waals surface area contributed by atoms with Crippen molar-refractivity contribution in [3.63, 3.8) is 0 Å². The van der Waals surface area contributed by atoms with Crippen LogP contribution < -0.4 is 0 Å². The Bertz CT molecular complexity index is 122. The molecule has 3 nitrogen and oxygen atoms in total. The van der Waals surface area contributed by atoms with Crippen LogP contribution in [0.2, 0.25) is 0 Å². The van der Waals surface area contributed by atoms with E-state index in [9.17, 15) is 0 Å². The lowest BCUT2D eigenvalue weighted by molar-refractivity contribution is -0.0408. The predicted molar refractivity (Wildman–Crippen MR) is 50.2 cm³/mol. The quantitative estimate of drug-likeness (QED) is 0.620. The van der Waals surface area contributed by atoms with Crippen molar-refractivity contribution >= 4 is 0 Å². The molecule has 0 radical (unpaired) electrons. The van der Waals surface area contributed by atoms with Gasteiger partial charge in [0.15, 0.2) is 0 Å². The molecule has 0 aliphatic carbocycles. The summed E-state index contributed by atoms with van der Waals surface area (Å²) in [5, 5.41) is 0. The Morgan fingerprint density at radius 2 is 1.83 bits per heavy atom. The van der Waals surface area contributed by atoms with E-state index in [1.54, 1.807) is 7.11 Å². The monoisotopic (exact) mass is 172 g/mol. The summed E-state index contributed by atoms with van der Waals surface area (Å²) in [6, 6.07) is 0. The SMILES string of the molecule is CCN1CCN(C(C)OC)CC1. The highest BCUT2D eigenvalue weighted by Crippen LogP contribution is 2.05. The minimum atomic E-state index is 0.281. The molecule has 1 rings (SSSR count). The molecule has 3 heteroatoms. The van der Waals surface area contributed by atoms with Crippen LogP contribution in [0.1, 0.15) is 13.8 Å². The fourth-order valence-corrected chi connectivity index (χ4v) is 1.59. The minimum absolute atomic E-state index is 0.281. The Morgan fingerprint density at radius 1 is 1.25 bits per heavy atom. The molecule has 1 unspecified atom stereocenters. The minimum Gasteiger partial charge on any atom is -0.367 e. The number of hydrogen-bond donors (Lipinski definition) is 0. The maximum absolute atomic E-state index is 5.27. The van der Waals surface area contributed by atoms with Crippen molar-refractivity contribution in [2.75, 3.05) is 39.8 Å². The molecular weight excluding hydrogens is 152 g/mol. The molecule has 12 heavy (non-hydrogen) atoms. The van der Waals surface area contributed by atoms with Crippen molar-refractivity contribution in [3.05, 3.63) is 0 Å². The lowest BCUT2D eigenvalue weighted by Crippen LogP contribution is -2.49. The van der Waals surface area contributed by atoms with Crippen LogP contribution in [-0.2, 0) is 4.74 Å². The van der Waals surface area contributed by atoms with Crippen molar-refractivity contribution in [1.82, 2.24) is 9.80 Å². The summed E-state index contributed by atoms with van der Waals surface area (Å²) in [4.78, 5) is 4.85. The van der Waals surface area contributed by atoms with Gasteiger partial charge in [0, 0.05) is 33.3 Å². The molecule has 1 aliphatic heterocycles. The number of piperazine rings is 1. The number of hydrogen-bond acceptors (Lipinski definition) is 3. The zero-order valence-corrected chi connectivity index (χ0v) is 8.42. The number of ether oxygens (including phenoxy) is 1. The second-order valence-corrected chi connectivity index (χ2v) is 3.31. The van der Waals surface area contributed by atoms with Gasteiger partial charge in [0.1, 0.15) is 6.23 Å². The molecular formula is C9H20N2O. The maximum atomic E-state index is 5.27. The molecule has 0 saturated carbocycles. The summed E-state index contributed by atoms with van der Waals surface area (Å²) in [5.74, 6) is 0. The normalized spacial score (nSPS) is 24.2. The van der Waals surface area contributed by atoms with E-state index in [-0.39, 0.29) is 6.23 Å². The summed E-state index contributed by atoms with van der Waals surface area (Å²) in [7, 11) is 1.77. The summed E-state index contributed by atoms with van der Waals surface area (Å²) >= 11 is 0. The number of nitrogens with zero attached hydrogens (tertiary/aromatic N) is 2. The second-order valence-electron chi connectivity index (χ2n) is 3.31. The first-order valence-electron chi connectivity index (χ1n) is 4.77. The third-order valence-corrected chi connectivity index (χ3v) is 2.71. The van der Waals surface area contributed by atoms with Gasteiger partial charge in [0.2, 0.25) is 0 Å². The molecule has 0 aromatic rings. The molecule has 1 atom stereocenters. The molecule has 1 aliphatic rings. The molecule has 72 valence electrons. The van der Waals surface area contributed by atoms with Crippen LogP contribution in [0, 0.1) is 0 Å². The van der Waals surface area contributed by atoms with E-state index in [0.717, 1.165) is 13.1 Å². The van der Waals surface area contributed by atoms with Crippen molar-refractivity contribution in [3.8, 4) is 0 Å². The predicted octanol–water partition coefficient (Wildman–Crippen LogP) is 0.616. The van der Waals surface area contributed by atoms with Gasteiger partial charge in [-0.15, -0.1) is 0 Å².